The van der Waals surface area contributed by atoms with Crippen LogP contribution in [0.2, 0.25) is 0 Å². The van der Waals surface area contributed by atoms with Crippen LogP contribution in [0.25, 0.3) is 0 Å². The molecule has 0 unspecified atom stereocenters. The lowest BCUT2D eigenvalue weighted by molar-refractivity contribution is -0.137. The number of urea groups is 1. The number of benzene rings is 1. The van der Waals surface area contributed by atoms with Gasteiger partial charge < -0.3 is 15.4 Å². The Balaban J connectivity index is 1.73. The van der Waals surface area contributed by atoms with Crippen LogP contribution >= 0.6 is 0 Å². The molecule has 0 radical (unpaired) electrons. The fourth-order valence-corrected chi connectivity index (χ4v) is 2.93. The number of alkyl halides is 3. The molecule has 0 spiro atoms. The second-order valence-corrected chi connectivity index (χ2v) is 6.85. The quantitative estimate of drug-likeness (QED) is 0.699. The van der Waals surface area contributed by atoms with Gasteiger partial charge in [-0.15, -0.1) is 0 Å². The first-order valence-electron chi connectivity index (χ1n) is 9.22. The van der Waals surface area contributed by atoms with Crippen molar-refractivity contribution < 1.29 is 22.7 Å². The van der Waals surface area contributed by atoms with E-state index in [-0.39, 0.29) is 23.2 Å². The van der Waals surface area contributed by atoms with Gasteiger partial charge in [-0.25, -0.2) is 9.78 Å². The predicted molar refractivity (Wildman–Crippen MR) is 102 cm³/mol. The third kappa shape index (κ3) is 6.05. The summed E-state index contributed by atoms with van der Waals surface area (Å²) in [5.74, 6) is 0.611. The monoisotopic (exact) mass is 409 g/mol. The van der Waals surface area contributed by atoms with E-state index in [0.717, 1.165) is 38.1 Å². The van der Waals surface area contributed by atoms with Crippen LogP contribution in [0.5, 0.6) is 5.75 Å². The fourth-order valence-electron chi connectivity index (χ4n) is 2.93. The first kappa shape index (κ1) is 20.8. The Labute approximate surface area is 166 Å². The van der Waals surface area contributed by atoms with E-state index in [9.17, 15) is 18.0 Å². The highest BCUT2D eigenvalue weighted by Crippen LogP contribution is 2.35. The number of piperidine rings is 1. The van der Waals surface area contributed by atoms with Crippen molar-refractivity contribution in [3.8, 4) is 5.75 Å². The van der Waals surface area contributed by atoms with Crippen LogP contribution in [0.1, 0.15) is 24.1 Å². The highest BCUT2D eigenvalue weighted by molar-refractivity contribution is 6.00. The molecule has 1 aromatic heterocycles. The molecule has 29 heavy (non-hydrogen) atoms. The van der Waals surface area contributed by atoms with Crippen molar-refractivity contribution in [3.63, 3.8) is 0 Å². The number of anilines is 2. The number of aryl methyl sites for hydroxylation is 1. The van der Waals surface area contributed by atoms with Gasteiger partial charge in [-0.2, -0.15) is 13.2 Å². The van der Waals surface area contributed by atoms with E-state index >= 15 is 0 Å². The van der Waals surface area contributed by atoms with Crippen LogP contribution in [0.3, 0.4) is 0 Å². The molecule has 1 aliphatic heterocycles. The van der Waals surface area contributed by atoms with Crippen LogP contribution in [-0.4, -0.2) is 35.7 Å². The van der Waals surface area contributed by atoms with E-state index in [1.54, 1.807) is 6.92 Å². The Morgan fingerprint density at radius 1 is 1.28 bits per heavy atom. The molecule has 2 aromatic rings. The van der Waals surface area contributed by atoms with Crippen LogP contribution in [-0.2, 0) is 6.18 Å². The van der Waals surface area contributed by atoms with E-state index in [0.29, 0.717) is 12.3 Å². The van der Waals surface area contributed by atoms with Crippen LogP contribution < -0.4 is 20.7 Å². The van der Waals surface area contributed by atoms with Gasteiger partial charge in [0.2, 0.25) is 0 Å². The minimum absolute atomic E-state index is 0.0684. The van der Waals surface area contributed by atoms with E-state index in [1.165, 1.54) is 18.5 Å². The lowest BCUT2D eigenvalue weighted by atomic mass is 10.0. The van der Waals surface area contributed by atoms with Gasteiger partial charge in [0, 0.05) is 12.5 Å². The Hall–Kier alpha value is -2.88. The number of hydrogen-bond acceptors (Lipinski definition) is 5. The van der Waals surface area contributed by atoms with Gasteiger partial charge >= 0.3 is 12.2 Å². The summed E-state index contributed by atoms with van der Waals surface area (Å²) < 4.78 is 45.0. The number of rotatable bonds is 5. The molecular weight excluding hydrogens is 387 g/mol. The number of ether oxygens (including phenoxy) is 1. The zero-order chi connectivity index (χ0) is 20.9. The van der Waals surface area contributed by atoms with Crippen molar-refractivity contribution in [1.82, 2.24) is 15.3 Å². The van der Waals surface area contributed by atoms with Gasteiger partial charge in [-0.05, 0) is 44.5 Å². The summed E-state index contributed by atoms with van der Waals surface area (Å²) in [6.07, 6.45) is 0.275. The predicted octanol–water partition coefficient (Wildman–Crippen LogP) is 3.83. The summed E-state index contributed by atoms with van der Waals surface area (Å²) in [5.41, 5.74) is -0.280. The van der Waals surface area contributed by atoms with E-state index in [4.69, 9.17) is 4.74 Å². The maximum Gasteiger partial charge on any atom is 0.416 e. The molecule has 1 atom stereocenters. The highest BCUT2D eigenvalue weighted by Gasteiger charge is 2.31. The average molecular weight is 409 g/mol. The molecule has 156 valence electrons. The number of carbonyl (C=O) groups is 1. The Bertz CT molecular complexity index is 837. The number of nitrogens with zero attached hydrogens (tertiary/aromatic N) is 2. The van der Waals surface area contributed by atoms with E-state index in [1.807, 2.05) is 0 Å². The lowest BCUT2D eigenvalue weighted by Crippen LogP contribution is -2.33. The summed E-state index contributed by atoms with van der Waals surface area (Å²) in [6.45, 7) is 3.82. The van der Waals surface area contributed by atoms with Crippen molar-refractivity contribution in [1.29, 1.82) is 0 Å². The van der Waals surface area contributed by atoms with Crippen molar-refractivity contribution in [2.75, 3.05) is 30.3 Å². The topological polar surface area (TPSA) is 88.2 Å². The molecule has 7 nitrogen and oxygen atoms in total. The van der Waals surface area contributed by atoms with Crippen LogP contribution in [0.15, 0.2) is 30.6 Å². The van der Waals surface area contributed by atoms with Crippen molar-refractivity contribution in [2.45, 2.75) is 25.9 Å². The molecule has 10 heteroatoms. The van der Waals surface area contributed by atoms with Gasteiger partial charge in [0.1, 0.15) is 5.75 Å². The molecule has 0 bridgehead atoms. The SMILES string of the molecule is Cc1cnc(NC(=O)Nc2cc(C(F)(F)F)ccc2OC[C@@H]2CCCNC2)cn1. The van der Waals surface area contributed by atoms with Gasteiger partial charge in [0.15, 0.2) is 5.82 Å². The molecule has 1 saturated heterocycles. The maximum atomic E-state index is 13.1. The Kier molecular flexibility index (Phi) is 6.53. The molecule has 2 amide bonds. The van der Waals surface area contributed by atoms with E-state index < -0.39 is 17.8 Å². The summed E-state index contributed by atoms with van der Waals surface area (Å²) >= 11 is 0. The highest BCUT2D eigenvalue weighted by atomic mass is 19.4. The van der Waals surface area contributed by atoms with Crippen LogP contribution in [0.4, 0.5) is 29.5 Å². The molecule has 2 heterocycles. The smallest absolute Gasteiger partial charge is 0.416 e. The standard InChI is InChI=1S/C19H22F3N5O2/c1-12-8-25-17(10-24-12)27-18(28)26-15-7-14(19(20,21)22)4-5-16(15)29-11-13-3-2-6-23-9-13/h4-5,7-8,10,13,23H,2-3,6,9,11H2,1H3,(H2,25,26,27,28)/t13-/m1/s1. The normalized spacial score (nSPS) is 16.9. The van der Waals surface area contributed by atoms with Crippen molar-refractivity contribution in [2.24, 2.45) is 5.92 Å². The van der Waals surface area contributed by atoms with Gasteiger partial charge in [0.25, 0.3) is 0 Å². The second kappa shape index (κ2) is 9.08. The molecule has 1 fully saturated rings. The maximum absolute atomic E-state index is 13.1. The largest absolute Gasteiger partial charge is 0.491 e. The minimum atomic E-state index is -4.54. The molecule has 1 aliphatic rings. The Morgan fingerprint density at radius 3 is 2.76 bits per heavy atom. The fraction of sp³-hybridized carbons (Fsp3) is 0.421. The first-order valence-corrected chi connectivity index (χ1v) is 9.22. The van der Waals surface area contributed by atoms with E-state index in [2.05, 4.69) is 25.9 Å². The third-order valence-corrected chi connectivity index (χ3v) is 4.45. The third-order valence-electron chi connectivity index (χ3n) is 4.45. The second-order valence-electron chi connectivity index (χ2n) is 6.85. The summed E-state index contributed by atoms with van der Waals surface area (Å²) in [4.78, 5) is 20.2. The molecule has 1 aromatic carbocycles. The van der Waals surface area contributed by atoms with Crippen molar-refractivity contribution >= 4 is 17.5 Å². The number of hydrogen-bond donors (Lipinski definition) is 3. The Morgan fingerprint density at radius 2 is 2.10 bits per heavy atom. The zero-order valence-corrected chi connectivity index (χ0v) is 15.8. The summed E-state index contributed by atoms with van der Waals surface area (Å²) in [6, 6.07) is 2.27. The lowest BCUT2D eigenvalue weighted by Gasteiger charge is -2.23. The first-order chi connectivity index (χ1) is 13.8. The molecule has 0 aliphatic carbocycles. The number of halogens is 3. The van der Waals surface area contributed by atoms with Gasteiger partial charge in [-0.3, -0.25) is 10.3 Å². The average Bonchev–Trinajstić information content (AvgIpc) is 2.69. The summed E-state index contributed by atoms with van der Waals surface area (Å²) in [5, 5.41) is 8.11. The minimum Gasteiger partial charge on any atom is -0.491 e. The molecular formula is C19H22F3N5O2. The molecule has 0 saturated carbocycles. The molecule has 3 N–H and O–H groups in total. The van der Waals surface area contributed by atoms with Gasteiger partial charge in [0.05, 0.1) is 35.9 Å². The number of amides is 2. The zero-order valence-electron chi connectivity index (χ0n) is 15.8. The summed E-state index contributed by atoms with van der Waals surface area (Å²) in [7, 11) is 0. The van der Waals surface area contributed by atoms with Crippen LogP contribution in [0, 0.1) is 12.8 Å². The molecule has 3 rings (SSSR count). The number of carbonyl (C=O) groups excluding carboxylic acids is 1. The van der Waals surface area contributed by atoms with Gasteiger partial charge in [-0.1, -0.05) is 0 Å². The number of aromatic nitrogens is 2. The van der Waals surface area contributed by atoms with Crippen molar-refractivity contribution in [3.05, 3.63) is 41.9 Å². The number of nitrogens with one attached hydrogen (secondary N) is 3.